The minimum atomic E-state index is 0.317. The zero-order valence-electron chi connectivity index (χ0n) is 12.7. The SMILES string of the molecule is CNCc1cc2ccccc2n1Cc1ncnn1C(C)C. The number of hydrogen-bond donors (Lipinski definition) is 1. The molecule has 0 aliphatic rings. The van der Waals surface area contributed by atoms with Crippen LogP contribution in [0.5, 0.6) is 0 Å². The van der Waals surface area contributed by atoms with Gasteiger partial charge in [-0.15, -0.1) is 0 Å². The van der Waals surface area contributed by atoms with Gasteiger partial charge >= 0.3 is 0 Å². The first kappa shape index (κ1) is 13.8. The van der Waals surface area contributed by atoms with Crippen LogP contribution in [-0.4, -0.2) is 26.4 Å². The Kier molecular flexibility index (Phi) is 3.75. The predicted octanol–water partition coefficient (Wildman–Crippen LogP) is 2.58. The quantitative estimate of drug-likeness (QED) is 0.783. The lowest BCUT2D eigenvalue weighted by atomic mass is 10.2. The average molecular weight is 283 g/mol. The highest BCUT2D eigenvalue weighted by Crippen LogP contribution is 2.21. The summed E-state index contributed by atoms with van der Waals surface area (Å²) >= 11 is 0. The summed E-state index contributed by atoms with van der Waals surface area (Å²) in [5.41, 5.74) is 2.50. The monoisotopic (exact) mass is 283 g/mol. The number of nitrogens with one attached hydrogen (secondary N) is 1. The van der Waals surface area contributed by atoms with E-state index >= 15 is 0 Å². The Labute approximate surface area is 124 Å². The molecule has 0 aliphatic carbocycles. The molecule has 1 aromatic carbocycles. The van der Waals surface area contributed by atoms with E-state index < -0.39 is 0 Å². The van der Waals surface area contributed by atoms with E-state index in [1.54, 1.807) is 6.33 Å². The predicted molar refractivity (Wildman–Crippen MR) is 84.2 cm³/mol. The summed E-state index contributed by atoms with van der Waals surface area (Å²) in [5, 5.41) is 8.83. The Bertz CT molecular complexity index is 738. The summed E-state index contributed by atoms with van der Waals surface area (Å²) in [5.74, 6) is 0.990. The third-order valence-corrected chi connectivity index (χ3v) is 3.69. The van der Waals surface area contributed by atoms with Gasteiger partial charge in [0.15, 0.2) is 0 Å². The number of para-hydroxylation sites is 1. The molecule has 2 aromatic heterocycles. The maximum absolute atomic E-state index is 4.43. The molecular formula is C16H21N5. The van der Waals surface area contributed by atoms with Gasteiger partial charge in [-0.25, -0.2) is 9.67 Å². The standard InChI is InChI=1S/C16H21N5/c1-12(2)21-16(18-11-19-21)10-20-14(9-17-3)8-13-6-4-5-7-15(13)20/h4-8,11-12,17H,9-10H2,1-3H3. The highest BCUT2D eigenvalue weighted by atomic mass is 15.4. The molecule has 0 unspecified atom stereocenters. The summed E-state index contributed by atoms with van der Waals surface area (Å²) in [6.07, 6.45) is 1.64. The first-order valence-corrected chi connectivity index (χ1v) is 7.31. The van der Waals surface area contributed by atoms with Crippen molar-refractivity contribution in [3.63, 3.8) is 0 Å². The van der Waals surface area contributed by atoms with E-state index in [9.17, 15) is 0 Å². The van der Waals surface area contributed by atoms with Crippen LogP contribution in [-0.2, 0) is 13.1 Å². The van der Waals surface area contributed by atoms with Crippen LogP contribution >= 0.6 is 0 Å². The van der Waals surface area contributed by atoms with Crippen molar-refractivity contribution in [1.29, 1.82) is 0 Å². The van der Waals surface area contributed by atoms with E-state index in [0.29, 0.717) is 6.04 Å². The van der Waals surface area contributed by atoms with Gasteiger partial charge in [0.2, 0.25) is 0 Å². The van der Waals surface area contributed by atoms with Gasteiger partial charge in [0, 0.05) is 23.8 Å². The van der Waals surface area contributed by atoms with Crippen LogP contribution in [0.25, 0.3) is 10.9 Å². The van der Waals surface area contributed by atoms with Gasteiger partial charge in [-0.1, -0.05) is 18.2 Å². The van der Waals surface area contributed by atoms with Crippen molar-refractivity contribution in [3.8, 4) is 0 Å². The third-order valence-electron chi connectivity index (χ3n) is 3.69. The second kappa shape index (κ2) is 5.69. The molecule has 5 nitrogen and oxygen atoms in total. The summed E-state index contributed by atoms with van der Waals surface area (Å²) < 4.78 is 4.30. The zero-order valence-corrected chi connectivity index (χ0v) is 12.7. The molecule has 0 saturated carbocycles. The second-order valence-electron chi connectivity index (χ2n) is 5.53. The van der Waals surface area contributed by atoms with Gasteiger partial charge in [-0.3, -0.25) is 0 Å². The normalized spacial score (nSPS) is 11.6. The molecule has 1 N–H and O–H groups in total. The molecule has 0 aliphatic heterocycles. The Balaban J connectivity index is 2.06. The fraction of sp³-hybridized carbons (Fsp3) is 0.375. The van der Waals surface area contributed by atoms with Gasteiger partial charge in [-0.05, 0) is 38.4 Å². The lowest BCUT2D eigenvalue weighted by molar-refractivity contribution is 0.495. The molecule has 0 saturated heterocycles. The molecule has 0 spiro atoms. The van der Waals surface area contributed by atoms with Gasteiger partial charge in [0.1, 0.15) is 12.2 Å². The van der Waals surface area contributed by atoms with Crippen molar-refractivity contribution in [2.75, 3.05) is 7.05 Å². The molecule has 2 heterocycles. The highest BCUT2D eigenvalue weighted by molar-refractivity contribution is 5.81. The van der Waals surface area contributed by atoms with Crippen LogP contribution in [0, 0.1) is 0 Å². The molecule has 3 aromatic rings. The molecule has 3 rings (SSSR count). The number of nitrogens with zero attached hydrogens (tertiary/aromatic N) is 4. The Morgan fingerprint density at radius 3 is 2.81 bits per heavy atom. The molecule has 21 heavy (non-hydrogen) atoms. The fourth-order valence-corrected chi connectivity index (χ4v) is 2.74. The number of hydrogen-bond acceptors (Lipinski definition) is 3. The van der Waals surface area contributed by atoms with Gasteiger partial charge in [-0.2, -0.15) is 5.10 Å². The lowest BCUT2D eigenvalue weighted by Gasteiger charge is -2.13. The topological polar surface area (TPSA) is 47.7 Å². The number of fused-ring (bicyclic) bond motifs is 1. The molecule has 0 bridgehead atoms. The van der Waals surface area contributed by atoms with Gasteiger partial charge in [0.05, 0.1) is 6.54 Å². The lowest BCUT2D eigenvalue weighted by Crippen LogP contribution is -2.16. The van der Waals surface area contributed by atoms with Crippen molar-refractivity contribution in [2.24, 2.45) is 0 Å². The smallest absolute Gasteiger partial charge is 0.147 e. The summed E-state index contributed by atoms with van der Waals surface area (Å²) in [7, 11) is 1.97. The summed E-state index contributed by atoms with van der Waals surface area (Å²) in [6.45, 7) is 5.83. The van der Waals surface area contributed by atoms with Crippen LogP contribution in [0.3, 0.4) is 0 Å². The van der Waals surface area contributed by atoms with Gasteiger partial charge < -0.3 is 9.88 Å². The highest BCUT2D eigenvalue weighted by Gasteiger charge is 2.13. The first-order valence-electron chi connectivity index (χ1n) is 7.31. The number of aromatic nitrogens is 4. The maximum atomic E-state index is 4.43. The minimum absolute atomic E-state index is 0.317. The molecule has 0 radical (unpaired) electrons. The van der Waals surface area contributed by atoms with E-state index in [-0.39, 0.29) is 0 Å². The number of benzene rings is 1. The maximum Gasteiger partial charge on any atom is 0.147 e. The van der Waals surface area contributed by atoms with Crippen LogP contribution in [0.4, 0.5) is 0 Å². The van der Waals surface area contributed by atoms with Crippen molar-refractivity contribution in [1.82, 2.24) is 24.6 Å². The van der Waals surface area contributed by atoms with Crippen molar-refractivity contribution < 1.29 is 0 Å². The molecule has 110 valence electrons. The Morgan fingerprint density at radius 2 is 2.05 bits per heavy atom. The largest absolute Gasteiger partial charge is 0.336 e. The fourth-order valence-electron chi connectivity index (χ4n) is 2.74. The number of rotatable bonds is 5. The Morgan fingerprint density at radius 1 is 1.24 bits per heavy atom. The molecule has 0 atom stereocenters. The van der Waals surface area contributed by atoms with Crippen LogP contribution in [0.2, 0.25) is 0 Å². The summed E-state index contributed by atoms with van der Waals surface area (Å²) in [4.78, 5) is 4.43. The minimum Gasteiger partial charge on any atom is -0.336 e. The third kappa shape index (κ3) is 2.56. The van der Waals surface area contributed by atoms with Crippen molar-refractivity contribution in [2.45, 2.75) is 33.0 Å². The molecule has 0 amide bonds. The molecular weight excluding hydrogens is 262 g/mol. The van der Waals surface area contributed by atoms with Crippen molar-refractivity contribution >= 4 is 10.9 Å². The van der Waals surface area contributed by atoms with Gasteiger partial charge in [0.25, 0.3) is 0 Å². The Hall–Kier alpha value is -2.14. The van der Waals surface area contributed by atoms with Crippen LogP contribution in [0.15, 0.2) is 36.7 Å². The first-order chi connectivity index (χ1) is 10.2. The van der Waals surface area contributed by atoms with E-state index in [1.807, 2.05) is 11.7 Å². The van der Waals surface area contributed by atoms with Crippen LogP contribution in [0.1, 0.15) is 31.4 Å². The zero-order chi connectivity index (χ0) is 14.8. The summed E-state index contributed by atoms with van der Waals surface area (Å²) in [6, 6.07) is 11.0. The average Bonchev–Trinajstić information content (AvgIpc) is 3.06. The van der Waals surface area contributed by atoms with Crippen molar-refractivity contribution in [3.05, 3.63) is 48.2 Å². The molecule has 0 fully saturated rings. The molecule has 5 heteroatoms. The second-order valence-corrected chi connectivity index (χ2v) is 5.53. The van der Waals surface area contributed by atoms with E-state index in [2.05, 4.69) is 64.1 Å². The van der Waals surface area contributed by atoms with E-state index in [4.69, 9.17) is 0 Å². The van der Waals surface area contributed by atoms with E-state index in [0.717, 1.165) is 18.9 Å². The van der Waals surface area contributed by atoms with Crippen LogP contribution < -0.4 is 5.32 Å². The van der Waals surface area contributed by atoms with E-state index in [1.165, 1.54) is 16.6 Å².